The molecular weight excluding hydrogens is 495 g/mol. The van der Waals surface area contributed by atoms with Crippen molar-refractivity contribution in [2.75, 3.05) is 0 Å². The second-order valence-corrected chi connectivity index (χ2v) is 7.39. The van der Waals surface area contributed by atoms with E-state index in [1.807, 2.05) is 0 Å². The van der Waals surface area contributed by atoms with E-state index in [9.17, 15) is 62.2 Å². The van der Waals surface area contributed by atoms with Crippen LogP contribution in [0.1, 0.15) is 32.4 Å². The predicted octanol–water partition coefficient (Wildman–Crippen LogP) is 6.88. The van der Waals surface area contributed by atoms with Crippen LogP contribution in [0.2, 0.25) is 0 Å². The molecule has 0 bridgehead atoms. The van der Waals surface area contributed by atoms with Crippen molar-refractivity contribution in [2.24, 2.45) is 5.92 Å². The molecule has 1 rings (SSSR count). The molecule has 0 heterocycles. The summed E-state index contributed by atoms with van der Waals surface area (Å²) < 4.78 is 178. The van der Waals surface area contributed by atoms with E-state index in [1.165, 1.54) is 0 Å². The molecule has 0 fully saturated rings. The van der Waals surface area contributed by atoms with Crippen molar-refractivity contribution >= 4 is 0 Å². The highest BCUT2D eigenvalue weighted by molar-refractivity contribution is 5.29. The second-order valence-electron chi connectivity index (χ2n) is 7.39. The topological polar surface area (TPSA) is 29.5 Å². The first kappa shape index (κ1) is 29.1. The van der Waals surface area contributed by atoms with Gasteiger partial charge in [0.05, 0.1) is 18.1 Å². The van der Waals surface area contributed by atoms with E-state index in [0.29, 0.717) is 0 Å². The molecule has 0 aromatic heterocycles. The predicted molar refractivity (Wildman–Crippen MR) is 87.1 cm³/mol. The molecule has 0 aliphatic heterocycles. The summed E-state index contributed by atoms with van der Waals surface area (Å²) in [4.78, 5) is 0. The van der Waals surface area contributed by atoms with Crippen molar-refractivity contribution in [1.82, 2.24) is 0 Å². The van der Waals surface area contributed by atoms with Gasteiger partial charge in [0.25, 0.3) is 0 Å². The van der Waals surface area contributed by atoms with Gasteiger partial charge in [-0.3, -0.25) is 0 Å². The summed E-state index contributed by atoms with van der Waals surface area (Å²) in [6.07, 6.45) is -10.6. The van der Waals surface area contributed by atoms with Gasteiger partial charge in [-0.15, -0.1) is 0 Å². The first-order valence-corrected chi connectivity index (χ1v) is 8.87. The number of alkyl halides is 13. The van der Waals surface area contributed by atoms with Crippen molar-refractivity contribution in [3.05, 3.63) is 29.8 Å². The Balaban J connectivity index is 3.37. The van der Waals surface area contributed by atoms with E-state index < -0.39 is 53.4 Å². The fourth-order valence-corrected chi connectivity index (χ4v) is 2.57. The number of ether oxygens (including phenoxy) is 1. The average Bonchev–Trinajstić information content (AvgIpc) is 2.65. The fraction of sp³-hybridized carbons (Fsp3) is 0.667. The lowest BCUT2D eigenvalue weighted by atomic mass is 9.83. The average molecular weight is 512 g/mol. The van der Waals surface area contributed by atoms with Gasteiger partial charge in [0.1, 0.15) is 5.75 Å². The summed E-state index contributed by atoms with van der Waals surface area (Å²) in [5.74, 6) is -40.8. The summed E-state index contributed by atoms with van der Waals surface area (Å²) in [6.45, 7) is 3.17. The Kier molecular flexibility index (Phi) is 7.67. The molecule has 1 aromatic carbocycles. The summed E-state index contributed by atoms with van der Waals surface area (Å²) >= 11 is 0. The van der Waals surface area contributed by atoms with Crippen molar-refractivity contribution in [1.29, 1.82) is 0 Å². The van der Waals surface area contributed by atoms with E-state index in [4.69, 9.17) is 4.74 Å². The zero-order valence-corrected chi connectivity index (χ0v) is 16.8. The minimum atomic E-state index is -7.98. The number of hydrogen-bond acceptors (Lipinski definition) is 2. The minimum Gasteiger partial charge on any atom is -0.491 e. The molecule has 0 aliphatic rings. The van der Waals surface area contributed by atoms with Crippen LogP contribution in [-0.2, 0) is 0 Å². The molecule has 1 N–H and O–H groups in total. The maximum absolute atomic E-state index is 14.2. The Morgan fingerprint density at radius 1 is 0.636 bits per heavy atom. The number of halogens is 13. The Morgan fingerprint density at radius 2 is 1.03 bits per heavy atom. The van der Waals surface area contributed by atoms with E-state index in [-0.39, 0.29) is 18.8 Å². The minimum absolute atomic E-state index is 0.00672. The van der Waals surface area contributed by atoms with Gasteiger partial charge in [0, 0.05) is 0 Å². The monoisotopic (exact) mass is 512 g/mol. The Bertz CT molecular complexity index is 801. The lowest BCUT2D eigenvalue weighted by Crippen LogP contribution is -2.71. The molecule has 0 saturated heterocycles. The van der Waals surface area contributed by atoms with Crippen LogP contribution in [0.25, 0.3) is 0 Å². The lowest BCUT2D eigenvalue weighted by Gasteiger charge is -2.42. The first-order chi connectivity index (χ1) is 14.5. The van der Waals surface area contributed by atoms with E-state index >= 15 is 0 Å². The third kappa shape index (κ3) is 4.69. The highest BCUT2D eigenvalue weighted by Crippen LogP contribution is 2.61. The highest BCUT2D eigenvalue weighted by Gasteiger charge is 2.91. The van der Waals surface area contributed by atoms with Gasteiger partial charge < -0.3 is 9.84 Å². The smallest absolute Gasteiger partial charge is 0.460 e. The van der Waals surface area contributed by atoms with Crippen LogP contribution in [0, 0.1) is 5.92 Å². The summed E-state index contributed by atoms with van der Waals surface area (Å²) in [5.41, 5.74) is -0.621. The molecule has 192 valence electrons. The maximum Gasteiger partial charge on any atom is 0.460 e. The standard InChI is InChI=1S/C18H17F13O2/c1-8(2)33-11-6-4-10(5-7-11)12(32)9(3)13(19,20)14(21,22)15(23,24)16(25,26)17(27,28)18(29,30)31/h4-9,12,32H,1-3H3. The SMILES string of the molecule is CC(C)Oc1ccc(C(O)C(C)C(F)(F)C(F)(F)C(F)(F)C(F)(F)C(F)(F)C(F)(F)F)cc1. The van der Waals surface area contributed by atoms with Crippen LogP contribution in [0.4, 0.5) is 57.1 Å². The quantitative estimate of drug-likeness (QED) is 0.366. The lowest BCUT2D eigenvalue weighted by molar-refractivity contribution is -0.444. The molecule has 15 heteroatoms. The number of aliphatic hydroxyl groups is 1. The molecule has 2 atom stereocenters. The normalized spacial score (nSPS) is 16.7. The molecule has 0 radical (unpaired) electrons. The van der Waals surface area contributed by atoms with Gasteiger partial charge in [-0.05, 0) is 31.5 Å². The maximum atomic E-state index is 14.2. The largest absolute Gasteiger partial charge is 0.491 e. The number of aliphatic hydroxyl groups excluding tert-OH is 1. The number of hydrogen-bond donors (Lipinski definition) is 1. The van der Waals surface area contributed by atoms with E-state index in [2.05, 4.69) is 0 Å². The van der Waals surface area contributed by atoms with Crippen LogP contribution < -0.4 is 4.74 Å². The van der Waals surface area contributed by atoms with Crippen molar-refractivity contribution < 1.29 is 66.9 Å². The fourth-order valence-electron chi connectivity index (χ4n) is 2.57. The third-order valence-corrected chi connectivity index (χ3v) is 4.60. The van der Waals surface area contributed by atoms with Crippen LogP contribution in [0.3, 0.4) is 0 Å². The van der Waals surface area contributed by atoms with Crippen LogP contribution in [0.5, 0.6) is 5.75 Å². The van der Waals surface area contributed by atoms with E-state index in [1.54, 1.807) is 13.8 Å². The molecule has 0 amide bonds. The van der Waals surface area contributed by atoms with Gasteiger partial charge in [-0.2, -0.15) is 57.1 Å². The Labute approximate surface area is 178 Å². The van der Waals surface area contributed by atoms with Gasteiger partial charge in [-0.25, -0.2) is 0 Å². The second kappa shape index (κ2) is 8.69. The van der Waals surface area contributed by atoms with Gasteiger partial charge in [0.15, 0.2) is 0 Å². The summed E-state index contributed by atoms with van der Waals surface area (Å²) in [7, 11) is 0. The molecular formula is C18H17F13O2. The molecule has 33 heavy (non-hydrogen) atoms. The van der Waals surface area contributed by atoms with Crippen molar-refractivity contribution in [2.45, 2.75) is 68.8 Å². The molecule has 0 saturated carbocycles. The van der Waals surface area contributed by atoms with E-state index in [0.717, 1.165) is 24.3 Å². The van der Waals surface area contributed by atoms with Gasteiger partial charge in [-0.1, -0.05) is 19.1 Å². The third-order valence-electron chi connectivity index (χ3n) is 4.60. The van der Waals surface area contributed by atoms with Crippen LogP contribution >= 0.6 is 0 Å². The summed E-state index contributed by atoms with van der Waals surface area (Å²) in [6, 6.07) is 3.76. The molecule has 2 nitrogen and oxygen atoms in total. The molecule has 0 spiro atoms. The zero-order chi connectivity index (χ0) is 26.4. The van der Waals surface area contributed by atoms with Gasteiger partial charge >= 0.3 is 35.8 Å². The Morgan fingerprint density at radius 3 is 1.39 bits per heavy atom. The first-order valence-electron chi connectivity index (χ1n) is 8.87. The van der Waals surface area contributed by atoms with Crippen LogP contribution in [-0.4, -0.2) is 47.0 Å². The molecule has 1 aromatic rings. The van der Waals surface area contributed by atoms with Gasteiger partial charge in [0.2, 0.25) is 0 Å². The number of benzene rings is 1. The molecule has 2 unspecified atom stereocenters. The van der Waals surface area contributed by atoms with Crippen molar-refractivity contribution in [3.8, 4) is 5.75 Å². The highest BCUT2D eigenvalue weighted by atomic mass is 19.4. The summed E-state index contributed by atoms with van der Waals surface area (Å²) in [5, 5.41) is 9.90. The molecule has 0 aliphatic carbocycles. The zero-order valence-electron chi connectivity index (χ0n) is 16.8. The van der Waals surface area contributed by atoms with Crippen LogP contribution in [0.15, 0.2) is 24.3 Å². The number of rotatable bonds is 9. The van der Waals surface area contributed by atoms with Crippen molar-refractivity contribution in [3.63, 3.8) is 0 Å². The Hall–Kier alpha value is -1.93.